The van der Waals surface area contributed by atoms with Crippen LogP contribution in [0.3, 0.4) is 0 Å². The Morgan fingerprint density at radius 3 is 2.48 bits per heavy atom. The molecule has 0 spiro atoms. The topological polar surface area (TPSA) is 29.5 Å². The van der Waals surface area contributed by atoms with Gasteiger partial charge in [0.25, 0.3) is 0 Å². The lowest BCUT2D eigenvalue weighted by Crippen LogP contribution is -2.17. The van der Waals surface area contributed by atoms with Crippen molar-refractivity contribution in [1.82, 2.24) is 4.90 Å². The van der Waals surface area contributed by atoms with Crippen LogP contribution >= 0.6 is 0 Å². The summed E-state index contributed by atoms with van der Waals surface area (Å²) in [5.41, 5.74) is 2.61. The summed E-state index contributed by atoms with van der Waals surface area (Å²) >= 11 is 0. The van der Waals surface area contributed by atoms with Crippen molar-refractivity contribution in [2.45, 2.75) is 13.1 Å². The van der Waals surface area contributed by atoms with Crippen molar-refractivity contribution in [3.63, 3.8) is 0 Å². The van der Waals surface area contributed by atoms with Gasteiger partial charge in [0, 0.05) is 24.2 Å². The highest BCUT2D eigenvalue weighted by molar-refractivity contribution is 5.75. The fourth-order valence-electron chi connectivity index (χ4n) is 2.24. The van der Waals surface area contributed by atoms with E-state index in [0.29, 0.717) is 18.7 Å². The lowest BCUT2D eigenvalue weighted by Gasteiger charge is -2.19. The normalized spacial score (nSPS) is 10.7. The maximum absolute atomic E-state index is 12.9. The smallest absolute Gasteiger partial charge is 0.150 e. The van der Waals surface area contributed by atoms with E-state index in [9.17, 15) is 9.18 Å². The Balaban J connectivity index is 2.09. The van der Waals surface area contributed by atoms with E-state index in [0.717, 1.165) is 23.2 Å². The lowest BCUT2D eigenvalue weighted by molar-refractivity contribution is 0.112. The van der Waals surface area contributed by atoms with Crippen LogP contribution in [0.1, 0.15) is 21.5 Å². The molecule has 2 aromatic carbocycles. The summed E-state index contributed by atoms with van der Waals surface area (Å²) in [4.78, 5) is 13.0. The molecular formula is C17H18FNO2. The molecule has 110 valence electrons. The summed E-state index contributed by atoms with van der Waals surface area (Å²) in [6, 6.07) is 11.8. The van der Waals surface area contributed by atoms with E-state index < -0.39 is 0 Å². The molecule has 2 rings (SSSR count). The Bertz CT molecular complexity index is 611. The molecule has 4 heteroatoms. The van der Waals surface area contributed by atoms with Gasteiger partial charge in [-0.2, -0.15) is 0 Å². The highest BCUT2D eigenvalue weighted by Crippen LogP contribution is 2.21. The average molecular weight is 287 g/mol. The van der Waals surface area contributed by atoms with Crippen LogP contribution < -0.4 is 4.74 Å². The van der Waals surface area contributed by atoms with Crippen LogP contribution in [0.4, 0.5) is 4.39 Å². The molecule has 3 nitrogen and oxygen atoms in total. The molecule has 0 fully saturated rings. The molecule has 21 heavy (non-hydrogen) atoms. The maximum atomic E-state index is 12.9. The number of ether oxygens (including phenoxy) is 1. The minimum Gasteiger partial charge on any atom is -0.496 e. The number of nitrogens with zero attached hydrogens (tertiary/aromatic N) is 1. The maximum Gasteiger partial charge on any atom is 0.150 e. The first-order valence-corrected chi connectivity index (χ1v) is 6.67. The molecule has 0 amide bonds. The van der Waals surface area contributed by atoms with E-state index in [1.807, 2.05) is 13.1 Å². The second-order valence-electron chi connectivity index (χ2n) is 4.99. The van der Waals surface area contributed by atoms with E-state index in [-0.39, 0.29) is 5.82 Å². The van der Waals surface area contributed by atoms with Crippen LogP contribution in [0, 0.1) is 5.82 Å². The van der Waals surface area contributed by atoms with Crippen molar-refractivity contribution in [2.75, 3.05) is 14.2 Å². The second kappa shape index (κ2) is 6.99. The minimum absolute atomic E-state index is 0.234. The fourth-order valence-corrected chi connectivity index (χ4v) is 2.24. The zero-order valence-electron chi connectivity index (χ0n) is 12.2. The number of hydrogen-bond acceptors (Lipinski definition) is 3. The molecule has 0 aliphatic heterocycles. The number of carbonyl (C=O) groups is 1. The summed E-state index contributed by atoms with van der Waals surface area (Å²) in [7, 11) is 3.58. The van der Waals surface area contributed by atoms with Crippen molar-refractivity contribution >= 4 is 6.29 Å². The molecule has 0 atom stereocenters. The van der Waals surface area contributed by atoms with E-state index in [2.05, 4.69) is 4.90 Å². The van der Waals surface area contributed by atoms with Crippen molar-refractivity contribution in [1.29, 1.82) is 0 Å². The molecule has 0 N–H and O–H groups in total. The number of aldehydes is 1. The predicted molar refractivity (Wildman–Crippen MR) is 80.0 cm³/mol. The molecule has 0 radical (unpaired) electrons. The zero-order chi connectivity index (χ0) is 15.2. The zero-order valence-corrected chi connectivity index (χ0v) is 12.2. The molecular weight excluding hydrogens is 269 g/mol. The van der Waals surface area contributed by atoms with E-state index in [1.54, 1.807) is 31.4 Å². The highest BCUT2D eigenvalue weighted by Gasteiger charge is 2.08. The number of halogens is 1. The Hall–Kier alpha value is -2.20. The number of benzene rings is 2. The molecule has 0 unspecified atom stereocenters. The van der Waals surface area contributed by atoms with Gasteiger partial charge >= 0.3 is 0 Å². The third kappa shape index (κ3) is 4.13. The third-order valence-electron chi connectivity index (χ3n) is 3.25. The van der Waals surface area contributed by atoms with Crippen LogP contribution in [0.5, 0.6) is 5.75 Å². The first-order valence-electron chi connectivity index (χ1n) is 6.67. The summed E-state index contributed by atoms with van der Waals surface area (Å²) in [6.45, 7) is 1.33. The summed E-state index contributed by atoms with van der Waals surface area (Å²) in [5, 5.41) is 0. The summed E-state index contributed by atoms with van der Waals surface area (Å²) in [6.07, 6.45) is 0.822. The van der Waals surface area contributed by atoms with Gasteiger partial charge in [0.2, 0.25) is 0 Å². The van der Waals surface area contributed by atoms with Crippen LogP contribution in [-0.4, -0.2) is 25.3 Å². The van der Waals surface area contributed by atoms with Gasteiger partial charge in [0.1, 0.15) is 17.9 Å². The van der Waals surface area contributed by atoms with Crippen LogP contribution in [0.2, 0.25) is 0 Å². The molecule has 0 bridgehead atoms. The quantitative estimate of drug-likeness (QED) is 0.764. The van der Waals surface area contributed by atoms with Crippen LogP contribution in [-0.2, 0) is 13.1 Å². The third-order valence-corrected chi connectivity index (χ3v) is 3.25. The fraction of sp³-hybridized carbons (Fsp3) is 0.235. The van der Waals surface area contributed by atoms with Gasteiger partial charge in [-0.25, -0.2) is 4.39 Å². The van der Waals surface area contributed by atoms with Gasteiger partial charge in [0.05, 0.1) is 7.11 Å². The molecule has 0 aliphatic rings. The van der Waals surface area contributed by atoms with Gasteiger partial charge < -0.3 is 4.74 Å². The Kier molecular flexibility index (Phi) is 5.06. The van der Waals surface area contributed by atoms with Crippen molar-refractivity contribution < 1.29 is 13.9 Å². The van der Waals surface area contributed by atoms with Crippen molar-refractivity contribution in [3.8, 4) is 5.75 Å². The van der Waals surface area contributed by atoms with Crippen LogP contribution in [0.25, 0.3) is 0 Å². The van der Waals surface area contributed by atoms with Gasteiger partial charge in [-0.05, 0) is 42.9 Å². The van der Waals surface area contributed by atoms with E-state index in [4.69, 9.17) is 4.74 Å². The minimum atomic E-state index is -0.234. The van der Waals surface area contributed by atoms with Gasteiger partial charge in [0.15, 0.2) is 0 Å². The largest absolute Gasteiger partial charge is 0.496 e. The standard InChI is InChI=1S/C17H18FNO2/c1-19(10-13-3-6-16(18)7-4-13)11-15-9-14(12-20)5-8-17(15)21-2/h3-9,12H,10-11H2,1-2H3. The SMILES string of the molecule is COc1ccc(C=O)cc1CN(C)Cc1ccc(F)cc1. The number of hydrogen-bond donors (Lipinski definition) is 0. The molecule has 0 aromatic heterocycles. The number of carbonyl (C=O) groups excluding carboxylic acids is 1. The highest BCUT2D eigenvalue weighted by atomic mass is 19.1. The van der Waals surface area contributed by atoms with E-state index in [1.165, 1.54) is 12.1 Å². The van der Waals surface area contributed by atoms with Gasteiger partial charge in [-0.3, -0.25) is 9.69 Å². The van der Waals surface area contributed by atoms with Crippen molar-refractivity contribution in [3.05, 3.63) is 65.0 Å². The molecule has 0 saturated heterocycles. The molecule has 0 saturated carbocycles. The molecule has 2 aromatic rings. The summed E-state index contributed by atoms with van der Waals surface area (Å²) < 4.78 is 18.2. The first-order chi connectivity index (χ1) is 10.1. The van der Waals surface area contributed by atoms with E-state index >= 15 is 0 Å². The molecule has 0 heterocycles. The Labute approximate surface area is 124 Å². The average Bonchev–Trinajstić information content (AvgIpc) is 2.49. The van der Waals surface area contributed by atoms with Crippen LogP contribution in [0.15, 0.2) is 42.5 Å². The van der Waals surface area contributed by atoms with Gasteiger partial charge in [-0.1, -0.05) is 12.1 Å². The lowest BCUT2D eigenvalue weighted by atomic mass is 10.1. The number of methoxy groups -OCH3 is 1. The second-order valence-corrected chi connectivity index (χ2v) is 4.99. The van der Waals surface area contributed by atoms with Gasteiger partial charge in [-0.15, -0.1) is 0 Å². The Morgan fingerprint density at radius 1 is 1.14 bits per heavy atom. The first kappa shape index (κ1) is 15.2. The Morgan fingerprint density at radius 2 is 1.86 bits per heavy atom. The molecule has 0 aliphatic carbocycles. The van der Waals surface area contributed by atoms with Crippen molar-refractivity contribution in [2.24, 2.45) is 0 Å². The summed E-state index contributed by atoms with van der Waals surface area (Å²) in [5.74, 6) is 0.522. The predicted octanol–water partition coefficient (Wildman–Crippen LogP) is 3.28. The number of rotatable bonds is 6. The monoisotopic (exact) mass is 287 g/mol.